The van der Waals surface area contributed by atoms with Crippen LogP contribution in [0.4, 0.5) is 5.69 Å². The summed E-state index contributed by atoms with van der Waals surface area (Å²) < 4.78 is 14.7. The Balaban J connectivity index is 1.03. The number of ether oxygens (including phenoxy) is 2. The average molecular weight is 480 g/mol. The third-order valence-electron chi connectivity index (χ3n) is 7.48. The number of nitrogens with two attached hydrogens (primary N) is 1. The quantitative estimate of drug-likeness (QED) is 0.542. The van der Waals surface area contributed by atoms with Crippen molar-refractivity contribution in [3.05, 3.63) is 41.9 Å². The molecule has 0 unspecified atom stereocenters. The molecule has 4 heterocycles. The van der Waals surface area contributed by atoms with Gasteiger partial charge in [0.15, 0.2) is 0 Å². The largest absolute Gasteiger partial charge is 0.473 e. The Hall–Kier alpha value is -3.60. The molecule has 2 aliphatic carbocycles. The maximum Gasteiger partial charge on any atom is 0.255 e. The molecule has 3 aromatic rings. The van der Waals surface area contributed by atoms with E-state index in [1.807, 2.05) is 18.3 Å². The van der Waals surface area contributed by atoms with E-state index < -0.39 is 5.91 Å². The first kappa shape index (κ1) is 21.9. The van der Waals surface area contributed by atoms with E-state index in [9.17, 15) is 9.59 Å². The molecule has 35 heavy (non-hydrogen) atoms. The van der Waals surface area contributed by atoms with Crippen LogP contribution in [0.15, 0.2) is 30.7 Å². The first-order chi connectivity index (χ1) is 16.9. The standard InChI is InChI=1S/C24H29N7O4/c1-29-14-19(21(25)32)23(28-29)35-17-10-24(11-17)8-15(9-24)27-22(33)18-12-26-31-13-16(2-3-20(18)31)30-4-6-34-7-5-30/h2-3,12-15,17H,4-11H2,1H3,(H2,25,32)(H,27,33). The van der Waals surface area contributed by atoms with Crippen LogP contribution in [0, 0.1) is 5.41 Å². The fourth-order valence-corrected chi connectivity index (χ4v) is 5.71. The smallest absolute Gasteiger partial charge is 0.255 e. The van der Waals surface area contributed by atoms with Crippen molar-refractivity contribution in [2.24, 2.45) is 18.2 Å². The number of nitrogens with zero attached hydrogens (tertiary/aromatic N) is 5. The van der Waals surface area contributed by atoms with Gasteiger partial charge in [0.05, 0.1) is 42.4 Å². The highest BCUT2D eigenvalue weighted by atomic mass is 16.5. The lowest BCUT2D eigenvalue weighted by Crippen LogP contribution is -2.58. The van der Waals surface area contributed by atoms with Crippen molar-refractivity contribution in [1.82, 2.24) is 24.7 Å². The second-order valence-electron chi connectivity index (χ2n) is 9.99. The molecule has 0 bridgehead atoms. The van der Waals surface area contributed by atoms with Crippen LogP contribution < -0.4 is 20.7 Å². The lowest BCUT2D eigenvalue weighted by molar-refractivity contribution is -0.0849. The summed E-state index contributed by atoms with van der Waals surface area (Å²) in [5, 5.41) is 11.8. The van der Waals surface area contributed by atoms with Crippen LogP contribution in [0.2, 0.25) is 0 Å². The highest BCUT2D eigenvalue weighted by molar-refractivity contribution is 6.01. The zero-order valence-electron chi connectivity index (χ0n) is 19.6. The number of hydrogen-bond acceptors (Lipinski definition) is 7. The topological polar surface area (TPSA) is 129 Å². The van der Waals surface area contributed by atoms with Gasteiger partial charge < -0.3 is 25.4 Å². The maximum absolute atomic E-state index is 13.0. The fourth-order valence-electron chi connectivity index (χ4n) is 5.71. The lowest BCUT2D eigenvalue weighted by Gasteiger charge is -2.57. The molecule has 0 aromatic carbocycles. The number of rotatable bonds is 6. The molecule has 3 N–H and O–H groups in total. The van der Waals surface area contributed by atoms with Crippen LogP contribution in [0.3, 0.4) is 0 Å². The molecule has 2 amide bonds. The number of fused-ring (bicyclic) bond motifs is 1. The molecule has 11 heteroatoms. The molecule has 184 valence electrons. The van der Waals surface area contributed by atoms with E-state index in [1.54, 1.807) is 24.0 Å². The number of primary amides is 1. The highest BCUT2D eigenvalue weighted by Gasteiger charge is 2.54. The SMILES string of the molecule is Cn1cc(C(N)=O)c(OC2CC3(CC(NC(=O)c4cnn5cc(N6CCOCC6)ccc45)C3)C2)n1. The highest BCUT2D eigenvalue weighted by Crippen LogP contribution is 2.56. The third kappa shape index (κ3) is 3.99. The molecule has 1 spiro atoms. The Labute approximate surface area is 202 Å². The van der Waals surface area contributed by atoms with Gasteiger partial charge in [-0.2, -0.15) is 5.10 Å². The number of carbonyl (C=O) groups is 2. The molecular formula is C24H29N7O4. The van der Waals surface area contributed by atoms with Crippen LogP contribution in [0.5, 0.6) is 5.88 Å². The van der Waals surface area contributed by atoms with Crippen molar-refractivity contribution in [1.29, 1.82) is 0 Å². The summed E-state index contributed by atoms with van der Waals surface area (Å²) in [4.78, 5) is 26.8. The number of aryl methyl sites for hydroxylation is 1. The van der Waals surface area contributed by atoms with E-state index in [0.717, 1.165) is 63.2 Å². The number of pyridine rings is 1. The van der Waals surface area contributed by atoms with Gasteiger partial charge >= 0.3 is 0 Å². The van der Waals surface area contributed by atoms with Gasteiger partial charge in [-0.25, -0.2) is 4.52 Å². The van der Waals surface area contributed by atoms with Gasteiger partial charge in [-0.1, -0.05) is 0 Å². The minimum atomic E-state index is -0.543. The number of amides is 2. The minimum absolute atomic E-state index is 0.0138. The summed E-state index contributed by atoms with van der Waals surface area (Å²) in [5.41, 5.74) is 8.37. The number of nitrogens with one attached hydrogen (secondary N) is 1. The lowest BCUT2D eigenvalue weighted by atomic mass is 9.53. The third-order valence-corrected chi connectivity index (χ3v) is 7.48. The van der Waals surface area contributed by atoms with Gasteiger partial charge in [-0.3, -0.25) is 14.3 Å². The molecular weight excluding hydrogens is 450 g/mol. The van der Waals surface area contributed by atoms with E-state index in [0.29, 0.717) is 17.0 Å². The van der Waals surface area contributed by atoms with E-state index in [4.69, 9.17) is 15.2 Å². The number of hydrogen-bond donors (Lipinski definition) is 2. The molecule has 3 aliphatic rings. The van der Waals surface area contributed by atoms with E-state index in [1.165, 1.54) is 4.68 Å². The van der Waals surface area contributed by atoms with Crippen molar-refractivity contribution in [3.63, 3.8) is 0 Å². The fraction of sp³-hybridized carbons (Fsp3) is 0.500. The Morgan fingerprint density at radius 2 is 1.91 bits per heavy atom. The number of carbonyl (C=O) groups excluding carboxylic acids is 2. The van der Waals surface area contributed by atoms with Gasteiger partial charge in [0, 0.05) is 32.4 Å². The zero-order valence-corrected chi connectivity index (χ0v) is 19.6. The summed E-state index contributed by atoms with van der Waals surface area (Å²) in [7, 11) is 1.73. The van der Waals surface area contributed by atoms with Gasteiger partial charge in [-0.15, -0.1) is 5.10 Å². The molecule has 1 saturated heterocycles. The molecule has 0 radical (unpaired) electrons. The molecule has 0 atom stereocenters. The van der Waals surface area contributed by atoms with E-state index >= 15 is 0 Å². The van der Waals surface area contributed by atoms with Gasteiger partial charge in [0.25, 0.3) is 11.8 Å². The summed E-state index contributed by atoms with van der Waals surface area (Å²) in [6.45, 7) is 3.14. The van der Waals surface area contributed by atoms with Crippen molar-refractivity contribution in [2.45, 2.75) is 37.8 Å². The molecule has 3 fully saturated rings. The Morgan fingerprint density at radius 1 is 1.14 bits per heavy atom. The predicted molar refractivity (Wildman–Crippen MR) is 127 cm³/mol. The van der Waals surface area contributed by atoms with Gasteiger partial charge in [0.1, 0.15) is 11.7 Å². The zero-order chi connectivity index (χ0) is 24.2. The summed E-state index contributed by atoms with van der Waals surface area (Å²) in [5.74, 6) is -0.335. The van der Waals surface area contributed by atoms with Gasteiger partial charge in [0.2, 0.25) is 5.88 Å². The minimum Gasteiger partial charge on any atom is -0.473 e. The maximum atomic E-state index is 13.0. The Kier molecular flexibility index (Phi) is 5.17. The molecule has 1 aliphatic heterocycles. The van der Waals surface area contributed by atoms with Crippen LogP contribution in [-0.4, -0.2) is 69.7 Å². The molecule has 3 aromatic heterocycles. The first-order valence-corrected chi connectivity index (χ1v) is 12.0. The number of aromatic nitrogens is 4. The van der Waals surface area contributed by atoms with Crippen molar-refractivity contribution in [2.75, 3.05) is 31.2 Å². The van der Waals surface area contributed by atoms with Crippen LogP contribution in [0.1, 0.15) is 46.4 Å². The van der Waals surface area contributed by atoms with E-state index in [-0.39, 0.29) is 23.5 Å². The second-order valence-corrected chi connectivity index (χ2v) is 9.99. The molecule has 11 nitrogen and oxygen atoms in total. The summed E-state index contributed by atoms with van der Waals surface area (Å²) >= 11 is 0. The van der Waals surface area contributed by atoms with Crippen LogP contribution in [0.25, 0.3) is 5.52 Å². The van der Waals surface area contributed by atoms with Crippen LogP contribution >= 0.6 is 0 Å². The normalized spacial score (nSPS) is 25.8. The number of anilines is 1. The van der Waals surface area contributed by atoms with Crippen LogP contribution in [-0.2, 0) is 11.8 Å². The Morgan fingerprint density at radius 3 is 2.66 bits per heavy atom. The molecule has 2 saturated carbocycles. The number of morpholine rings is 1. The van der Waals surface area contributed by atoms with Crippen molar-refractivity contribution < 1.29 is 19.1 Å². The second kappa shape index (κ2) is 8.26. The summed E-state index contributed by atoms with van der Waals surface area (Å²) in [6.07, 6.45) is 8.80. The monoisotopic (exact) mass is 479 g/mol. The van der Waals surface area contributed by atoms with Crippen molar-refractivity contribution in [3.8, 4) is 5.88 Å². The molecule has 6 rings (SSSR count). The van der Waals surface area contributed by atoms with Gasteiger partial charge in [-0.05, 0) is 43.2 Å². The van der Waals surface area contributed by atoms with E-state index in [2.05, 4.69) is 20.4 Å². The summed E-state index contributed by atoms with van der Waals surface area (Å²) in [6, 6.07) is 4.14. The Bertz CT molecular complexity index is 1280. The first-order valence-electron chi connectivity index (χ1n) is 12.0. The predicted octanol–water partition coefficient (Wildman–Crippen LogP) is 1.12. The average Bonchev–Trinajstić information content (AvgIpc) is 3.39. The van der Waals surface area contributed by atoms with Crippen molar-refractivity contribution >= 4 is 23.0 Å².